The number of hydrogen-bond donors (Lipinski definition) is 1. The van der Waals surface area contributed by atoms with Gasteiger partial charge >= 0.3 is 0 Å². The summed E-state index contributed by atoms with van der Waals surface area (Å²) in [6.45, 7) is 5.45. The van der Waals surface area contributed by atoms with Gasteiger partial charge in [0.05, 0.1) is 18.2 Å². The molecule has 0 saturated carbocycles. The Bertz CT molecular complexity index is 1110. The van der Waals surface area contributed by atoms with Gasteiger partial charge in [0.25, 0.3) is 5.91 Å². The van der Waals surface area contributed by atoms with Crippen molar-refractivity contribution in [1.29, 1.82) is 0 Å². The first kappa shape index (κ1) is 17.2. The summed E-state index contributed by atoms with van der Waals surface area (Å²) in [4.78, 5) is 33.0. The summed E-state index contributed by atoms with van der Waals surface area (Å²) in [7, 11) is 0. The number of fused-ring (bicyclic) bond motifs is 3. The summed E-state index contributed by atoms with van der Waals surface area (Å²) in [5.74, 6) is -0.202. The van der Waals surface area contributed by atoms with Crippen LogP contribution in [-0.2, 0) is 22.6 Å². The SMILES string of the molecule is Cc1ccc(N2C(=O)CC(N3CCc4[nH]c5ccccc5c4C3)C2=O)c(C)c1. The molecule has 0 bridgehead atoms. The zero-order valence-electron chi connectivity index (χ0n) is 16.2. The maximum atomic E-state index is 13.2. The lowest BCUT2D eigenvalue weighted by molar-refractivity contribution is -0.123. The predicted molar refractivity (Wildman–Crippen MR) is 109 cm³/mol. The molecular weight excluding hydrogens is 350 g/mol. The first-order chi connectivity index (χ1) is 13.5. The van der Waals surface area contributed by atoms with Gasteiger partial charge in [-0.2, -0.15) is 0 Å². The molecule has 3 heterocycles. The lowest BCUT2D eigenvalue weighted by Crippen LogP contribution is -2.44. The predicted octanol–water partition coefficient (Wildman–Crippen LogP) is 3.47. The van der Waals surface area contributed by atoms with Crippen LogP contribution in [-0.4, -0.2) is 34.3 Å². The summed E-state index contributed by atoms with van der Waals surface area (Å²) in [6.07, 6.45) is 1.12. The number of rotatable bonds is 2. The van der Waals surface area contributed by atoms with E-state index in [9.17, 15) is 9.59 Å². The van der Waals surface area contributed by atoms with E-state index >= 15 is 0 Å². The number of carbonyl (C=O) groups excluding carboxylic acids is 2. The molecule has 1 fully saturated rings. The molecule has 2 amide bonds. The molecule has 1 N–H and O–H groups in total. The first-order valence-corrected chi connectivity index (χ1v) is 9.79. The Kier molecular flexibility index (Phi) is 3.88. The average molecular weight is 373 g/mol. The van der Waals surface area contributed by atoms with Crippen LogP contribution < -0.4 is 4.90 Å². The minimum Gasteiger partial charge on any atom is -0.358 e. The molecule has 2 aliphatic rings. The monoisotopic (exact) mass is 373 g/mol. The molecule has 1 aromatic heterocycles. The standard InChI is InChI=1S/C23H23N3O2/c1-14-7-8-20(15(2)11-14)26-22(27)12-21(23(26)28)25-10-9-19-17(13-25)16-5-3-4-6-18(16)24-19/h3-8,11,21,24H,9-10,12-13H2,1-2H3. The van der Waals surface area contributed by atoms with Gasteiger partial charge < -0.3 is 4.98 Å². The number of hydrogen-bond acceptors (Lipinski definition) is 3. The molecule has 0 aliphatic carbocycles. The van der Waals surface area contributed by atoms with Crippen molar-refractivity contribution >= 4 is 28.4 Å². The van der Waals surface area contributed by atoms with E-state index in [1.807, 2.05) is 44.2 Å². The number of nitrogens with zero attached hydrogens (tertiary/aromatic N) is 2. The van der Waals surface area contributed by atoms with Gasteiger partial charge in [-0.05, 0) is 37.1 Å². The third kappa shape index (κ3) is 2.58. The summed E-state index contributed by atoms with van der Waals surface area (Å²) >= 11 is 0. The highest BCUT2D eigenvalue weighted by Crippen LogP contribution is 2.33. The van der Waals surface area contributed by atoms with Gasteiger partial charge in [0, 0.05) is 36.1 Å². The molecule has 1 unspecified atom stereocenters. The number of carbonyl (C=O) groups is 2. The van der Waals surface area contributed by atoms with Gasteiger partial charge in [-0.3, -0.25) is 14.5 Å². The molecular formula is C23H23N3O2. The van der Waals surface area contributed by atoms with E-state index in [4.69, 9.17) is 0 Å². The number of H-pyrrole nitrogens is 1. The largest absolute Gasteiger partial charge is 0.358 e. The number of amides is 2. The first-order valence-electron chi connectivity index (χ1n) is 9.79. The molecule has 3 aromatic rings. The molecule has 1 saturated heterocycles. The summed E-state index contributed by atoms with van der Waals surface area (Å²) in [5, 5.41) is 1.21. The van der Waals surface area contributed by atoms with Crippen molar-refractivity contribution in [2.45, 2.75) is 39.3 Å². The Hall–Kier alpha value is -2.92. The Balaban J connectivity index is 1.45. The van der Waals surface area contributed by atoms with Crippen molar-refractivity contribution in [3.05, 3.63) is 64.8 Å². The highest BCUT2D eigenvalue weighted by molar-refractivity contribution is 6.22. The molecule has 2 aromatic carbocycles. The van der Waals surface area contributed by atoms with E-state index in [0.717, 1.165) is 29.6 Å². The molecule has 5 nitrogen and oxygen atoms in total. The van der Waals surface area contributed by atoms with Crippen LogP contribution in [0.1, 0.15) is 28.8 Å². The third-order valence-electron chi connectivity index (χ3n) is 6.07. The molecule has 5 heteroatoms. The second kappa shape index (κ2) is 6.31. The van der Waals surface area contributed by atoms with E-state index in [0.29, 0.717) is 12.2 Å². The molecule has 28 heavy (non-hydrogen) atoms. The van der Waals surface area contributed by atoms with Crippen LogP contribution >= 0.6 is 0 Å². The Labute approximate surface area is 163 Å². The molecule has 0 radical (unpaired) electrons. The molecule has 1 atom stereocenters. The minimum absolute atomic E-state index is 0.0970. The fourth-order valence-electron chi connectivity index (χ4n) is 4.66. The van der Waals surface area contributed by atoms with Crippen LogP contribution in [0.5, 0.6) is 0 Å². The van der Waals surface area contributed by atoms with Crippen LogP contribution in [0.3, 0.4) is 0 Å². The lowest BCUT2D eigenvalue weighted by Gasteiger charge is -2.31. The molecule has 142 valence electrons. The van der Waals surface area contributed by atoms with Crippen LogP contribution in [0.25, 0.3) is 10.9 Å². The number of aryl methyl sites for hydroxylation is 2. The minimum atomic E-state index is -0.380. The Morgan fingerprint density at radius 1 is 1.07 bits per heavy atom. The van der Waals surface area contributed by atoms with Gasteiger partial charge in [-0.15, -0.1) is 0 Å². The summed E-state index contributed by atoms with van der Waals surface area (Å²) < 4.78 is 0. The number of anilines is 1. The molecule has 2 aliphatic heterocycles. The zero-order chi connectivity index (χ0) is 19.4. The Morgan fingerprint density at radius 2 is 1.89 bits per heavy atom. The topological polar surface area (TPSA) is 56.4 Å². The van der Waals surface area contributed by atoms with E-state index in [1.165, 1.54) is 21.5 Å². The van der Waals surface area contributed by atoms with E-state index in [2.05, 4.69) is 22.0 Å². The number of para-hydroxylation sites is 1. The van der Waals surface area contributed by atoms with Crippen molar-refractivity contribution in [3.8, 4) is 0 Å². The second-order valence-electron chi connectivity index (χ2n) is 7.93. The maximum Gasteiger partial charge on any atom is 0.251 e. The molecule has 5 rings (SSSR count). The van der Waals surface area contributed by atoms with Crippen molar-refractivity contribution in [2.24, 2.45) is 0 Å². The van der Waals surface area contributed by atoms with Crippen LogP contribution in [0.2, 0.25) is 0 Å². The van der Waals surface area contributed by atoms with E-state index < -0.39 is 0 Å². The normalized spacial score (nSPS) is 20.2. The fraction of sp³-hybridized carbons (Fsp3) is 0.304. The number of aromatic amines is 1. The average Bonchev–Trinajstić information content (AvgIpc) is 3.19. The van der Waals surface area contributed by atoms with Gasteiger partial charge in [0.15, 0.2) is 0 Å². The van der Waals surface area contributed by atoms with Gasteiger partial charge in [0.2, 0.25) is 5.91 Å². The Morgan fingerprint density at radius 3 is 2.71 bits per heavy atom. The fourth-order valence-corrected chi connectivity index (χ4v) is 4.66. The van der Waals surface area contributed by atoms with Crippen LogP contribution in [0, 0.1) is 13.8 Å². The van der Waals surface area contributed by atoms with Crippen molar-refractivity contribution < 1.29 is 9.59 Å². The second-order valence-corrected chi connectivity index (χ2v) is 7.93. The van der Waals surface area contributed by atoms with Crippen LogP contribution in [0.4, 0.5) is 5.69 Å². The number of nitrogens with one attached hydrogen (secondary N) is 1. The highest BCUT2D eigenvalue weighted by atomic mass is 16.2. The van der Waals surface area contributed by atoms with Crippen LogP contribution in [0.15, 0.2) is 42.5 Å². The lowest BCUT2D eigenvalue weighted by atomic mass is 10.0. The van der Waals surface area contributed by atoms with E-state index in [1.54, 1.807) is 0 Å². The van der Waals surface area contributed by atoms with Crippen molar-refractivity contribution in [3.63, 3.8) is 0 Å². The number of aromatic nitrogens is 1. The van der Waals surface area contributed by atoms with Gasteiger partial charge in [-0.25, -0.2) is 4.90 Å². The zero-order valence-corrected chi connectivity index (χ0v) is 16.2. The van der Waals surface area contributed by atoms with Crippen molar-refractivity contribution in [2.75, 3.05) is 11.4 Å². The smallest absolute Gasteiger partial charge is 0.251 e. The third-order valence-corrected chi connectivity index (χ3v) is 6.07. The van der Waals surface area contributed by atoms with Gasteiger partial charge in [0.1, 0.15) is 0 Å². The summed E-state index contributed by atoms with van der Waals surface area (Å²) in [5.41, 5.74) is 6.44. The quantitative estimate of drug-likeness (QED) is 0.700. The van der Waals surface area contributed by atoms with Crippen molar-refractivity contribution in [1.82, 2.24) is 9.88 Å². The summed E-state index contributed by atoms with van der Waals surface area (Å²) in [6, 6.07) is 13.8. The maximum absolute atomic E-state index is 13.2. The molecule has 0 spiro atoms. The van der Waals surface area contributed by atoms with E-state index in [-0.39, 0.29) is 24.3 Å². The highest BCUT2D eigenvalue weighted by Gasteiger charge is 2.44. The number of benzene rings is 2. The van der Waals surface area contributed by atoms with Gasteiger partial charge in [-0.1, -0.05) is 35.9 Å². The number of imide groups is 1.